The normalized spacial score (nSPS) is 13.8. The van der Waals surface area contributed by atoms with E-state index in [1.54, 1.807) is 0 Å². The molecule has 0 saturated carbocycles. The predicted molar refractivity (Wildman–Crippen MR) is 37.2 cm³/mol. The summed E-state index contributed by atoms with van der Waals surface area (Å²) in [4.78, 5) is 0. The fourth-order valence-electron chi connectivity index (χ4n) is 0.741. The minimum atomic E-state index is -2.71. The molecule has 0 bridgehead atoms. The van der Waals surface area contributed by atoms with Gasteiger partial charge in [-0.3, -0.25) is 4.68 Å². The smallest absolute Gasteiger partial charge is 0.282 e. The Hall–Kier alpha value is -0.820. The third kappa shape index (κ3) is 1.67. The van der Waals surface area contributed by atoms with E-state index < -0.39 is 23.2 Å². The van der Waals surface area contributed by atoms with Gasteiger partial charge in [0.2, 0.25) is 11.1 Å². The maximum absolute atomic E-state index is 12.0. The minimum absolute atomic E-state index is 0.134. The van der Waals surface area contributed by atoms with Crippen molar-refractivity contribution in [1.29, 1.82) is 0 Å². The van der Waals surface area contributed by atoms with Gasteiger partial charge in [-0.1, -0.05) is 0 Å². The van der Waals surface area contributed by atoms with Gasteiger partial charge in [-0.2, -0.15) is 5.10 Å². The van der Waals surface area contributed by atoms with Crippen molar-refractivity contribution in [2.75, 3.05) is 0 Å². The molecule has 1 heterocycles. The van der Waals surface area contributed by atoms with Crippen molar-refractivity contribution in [3.63, 3.8) is 0 Å². The van der Waals surface area contributed by atoms with Gasteiger partial charge >= 0.3 is 0 Å². The molecule has 1 unspecified atom stereocenters. The highest BCUT2D eigenvalue weighted by atomic mass is 32.2. The maximum Gasteiger partial charge on any atom is 0.282 e. The Balaban J connectivity index is 3.09. The summed E-state index contributed by atoms with van der Waals surface area (Å²) in [5.74, 6) is 0. The second kappa shape index (κ2) is 3.28. The first-order chi connectivity index (χ1) is 5.52. The van der Waals surface area contributed by atoms with Gasteiger partial charge in [-0.15, -0.1) is 0 Å². The molecule has 0 saturated heterocycles. The van der Waals surface area contributed by atoms with Crippen molar-refractivity contribution in [2.45, 2.75) is 11.5 Å². The molecule has 1 atom stereocenters. The summed E-state index contributed by atoms with van der Waals surface area (Å²) in [5.41, 5.74) is -0.491. The van der Waals surface area contributed by atoms with Gasteiger partial charge in [0.15, 0.2) is 5.03 Å². The zero-order valence-electron chi connectivity index (χ0n) is 6.07. The van der Waals surface area contributed by atoms with Gasteiger partial charge in [0.1, 0.15) is 5.69 Å². The Kier molecular flexibility index (Phi) is 2.53. The van der Waals surface area contributed by atoms with E-state index in [9.17, 15) is 13.0 Å². The number of hydrogen-bond donors (Lipinski definition) is 1. The van der Waals surface area contributed by atoms with Crippen molar-refractivity contribution in [3.05, 3.63) is 11.8 Å². The molecule has 1 N–H and O–H groups in total. The molecule has 0 fully saturated rings. The van der Waals surface area contributed by atoms with Crippen LogP contribution in [0.5, 0.6) is 0 Å². The van der Waals surface area contributed by atoms with E-state index in [2.05, 4.69) is 5.10 Å². The van der Waals surface area contributed by atoms with Crippen molar-refractivity contribution >= 4 is 11.1 Å². The SMILES string of the molecule is Cn1nc(C(F)F)cc1S(=O)O. The summed E-state index contributed by atoms with van der Waals surface area (Å²) in [6.45, 7) is 0. The van der Waals surface area contributed by atoms with Gasteiger partial charge in [-0.25, -0.2) is 13.0 Å². The number of halogens is 2. The summed E-state index contributed by atoms with van der Waals surface area (Å²) < 4.78 is 43.9. The molecule has 0 aromatic carbocycles. The van der Waals surface area contributed by atoms with Gasteiger partial charge < -0.3 is 4.55 Å². The Morgan fingerprint density at radius 2 is 2.33 bits per heavy atom. The second-order valence-corrected chi connectivity index (χ2v) is 3.00. The molecule has 1 aromatic rings. The molecule has 0 amide bonds. The average Bonchev–Trinajstić information content (AvgIpc) is 2.30. The monoisotopic (exact) mass is 196 g/mol. The average molecular weight is 196 g/mol. The lowest BCUT2D eigenvalue weighted by molar-refractivity contribution is 0.145. The predicted octanol–water partition coefficient (Wildman–Crippen LogP) is 0.938. The fraction of sp³-hybridized carbons (Fsp3) is 0.400. The minimum Gasteiger partial charge on any atom is -0.301 e. The van der Waals surface area contributed by atoms with Crippen LogP contribution >= 0.6 is 0 Å². The van der Waals surface area contributed by atoms with Crippen LogP contribution in [-0.2, 0) is 18.1 Å². The third-order valence-corrected chi connectivity index (χ3v) is 2.00. The molecular formula is C5H6F2N2O2S. The summed E-state index contributed by atoms with van der Waals surface area (Å²) in [6, 6.07) is 0.904. The highest BCUT2D eigenvalue weighted by molar-refractivity contribution is 7.79. The van der Waals surface area contributed by atoms with E-state index in [-0.39, 0.29) is 5.03 Å². The lowest BCUT2D eigenvalue weighted by atomic mass is 10.5. The molecule has 0 aliphatic carbocycles. The van der Waals surface area contributed by atoms with E-state index in [0.717, 1.165) is 10.7 Å². The van der Waals surface area contributed by atoms with Gasteiger partial charge in [0, 0.05) is 13.1 Å². The molecule has 1 aromatic heterocycles. The lowest BCUT2D eigenvalue weighted by Crippen LogP contribution is -1.99. The summed E-state index contributed by atoms with van der Waals surface area (Å²) in [6.07, 6.45) is -2.71. The van der Waals surface area contributed by atoms with Crippen LogP contribution in [0.3, 0.4) is 0 Å². The molecule has 4 nitrogen and oxygen atoms in total. The quantitative estimate of drug-likeness (QED) is 0.716. The molecule has 1 rings (SSSR count). The largest absolute Gasteiger partial charge is 0.301 e. The van der Waals surface area contributed by atoms with Crippen LogP contribution in [0.25, 0.3) is 0 Å². The second-order valence-electron chi connectivity index (χ2n) is 2.08. The first-order valence-corrected chi connectivity index (χ1v) is 4.06. The van der Waals surface area contributed by atoms with E-state index in [0.29, 0.717) is 0 Å². The molecular weight excluding hydrogens is 190 g/mol. The number of hydrogen-bond acceptors (Lipinski definition) is 2. The number of alkyl halides is 2. The van der Waals surface area contributed by atoms with Crippen LogP contribution in [0.1, 0.15) is 12.1 Å². The van der Waals surface area contributed by atoms with Gasteiger partial charge in [0.25, 0.3) is 6.43 Å². The fourth-order valence-corrected chi connectivity index (χ4v) is 1.23. The highest BCUT2D eigenvalue weighted by Gasteiger charge is 2.16. The third-order valence-electron chi connectivity index (χ3n) is 1.26. The molecule has 68 valence electrons. The first-order valence-electron chi connectivity index (χ1n) is 2.95. The first kappa shape index (κ1) is 9.27. The Morgan fingerprint density at radius 3 is 2.58 bits per heavy atom. The van der Waals surface area contributed by atoms with Crippen LogP contribution in [0.15, 0.2) is 11.1 Å². The Bertz CT molecular complexity index is 312. The van der Waals surface area contributed by atoms with Crippen LogP contribution < -0.4 is 0 Å². The van der Waals surface area contributed by atoms with E-state index in [1.165, 1.54) is 7.05 Å². The summed E-state index contributed by atoms with van der Waals surface area (Å²) in [7, 11) is 1.33. The maximum atomic E-state index is 12.0. The van der Waals surface area contributed by atoms with Crippen LogP contribution in [-0.4, -0.2) is 18.5 Å². The van der Waals surface area contributed by atoms with E-state index in [4.69, 9.17) is 4.55 Å². The van der Waals surface area contributed by atoms with Gasteiger partial charge in [-0.05, 0) is 0 Å². The van der Waals surface area contributed by atoms with Crippen molar-refractivity contribution in [1.82, 2.24) is 9.78 Å². The van der Waals surface area contributed by atoms with Crippen LogP contribution in [0.4, 0.5) is 8.78 Å². The lowest BCUT2D eigenvalue weighted by Gasteiger charge is -1.92. The number of aromatic nitrogens is 2. The van der Waals surface area contributed by atoms with Crippen molar-refractivity contribution in [3.8, 4) is 0 Å². The molecule has 0 aliphatic rings. The van der Waals surface area contributed by atoms with Crippen molar-refractivity contribution in [2.24, 2.45) is 7.05 Å². The highest BCUT2D eigenvalue weighted by Crippen LogP contribution is 2.18. The Morgan fingerprint density at radius 1 is 1.75 bits per heavy atom. The van der Waals surface area contributed by atoms with Gasteiger partial charge in [0.05, 0.1) is 0 Å². The standard InChI is InChI=1S/C5H6F2N2O2S/c1-9-4(12(10)11)2-3(8-9)5(6)7/h2,5H,1H3,(H,10,11). The number of nitrogens with zero attached hydrogens (tertiary/aromatic N) is 2. The molecule has 12 heavy (non-hydrogen) atoms. The van der Waals surface area contributed by atoms with E-state index >= 15 is 0 Å². The zero-order chi connectivity index (χ0) is 9.30. The summed E-state index contributed by atoms with van der Waals surface area (Å²) >= 11 is -2.27. The van der Waals surface area contributed by atoms with Crippen LogP contribution in [0.2, 0.25) is 0 Å². The Labute approximate surface area is 69.5 Å². The topological polar surface area (TPSA) is 55.1 Å². The molecule has 7 heteroatoms. The number of rotatable bonds is 2. The molecule has 0 spiro atoms. The van der Waals surface area contributed by atoms with Crippen molar-refractivity contribution < 1.29 is 17.5 Å². The zero-order valence-corrected chi connectivity index (χ0v) is 6.89. The van der Waals surface area contributed by atoms with E-state index in [1.807, 2.05) is 0 Å². The number of aryl methyl sites for hydroxylation is 1. The molecule has 0 radical (unpaired) electrons. The van der Waals surface area contributed by atoms with Crippen LogP contribution in [0, 0.1) is 0 Å². The molecule has 0 aliphatic heterocycles. The summed E-state index contributed by atoms with van der Waals surface area (Å²) in [5, 5.41) is 3.21.